The fourth-order valence-corrected chi connectivity index (χ4v) is 4.87. The average Bonchev–Trinajstić information content (AvgIpc) is 3.71. The van der Waals surface area contributed by atoms with E-state index in [9.17, 15) is 18.0 Å². The summed E-state index contributed by atoms with van der Waals surface area (Å²) in [6.07, 6.45) is 2.95. The molecule has 182 valence electrons. The van der Waals surface area contributed by atoms with E-state index < -0.39 is 23.2 Å². The predicted molar refractivity (Wildman–Crippen MR) is 127 cm³/mol. The van der Waals surface area contributed by atoms with Gasteiger partial charge in [0.1, 0.15) is 18.0 Å². The highest BCUT2D eigenvalue weighted by molar-refractivity contribution is 5.90. The molecule has 0 radical (unpaired) electrons. The number of halogens is 3. The Kier molecular flexibility index (Phi) is 6.65. The molecule has 1 heterocycles. The molecule has 3 aromatic carbocycles. The second-order valence-corrected chi connectivity index (χ2v) is 9.32. The highest BCUT2D eigenvalue weighted by Gasteiger charge is 2.30. The van der Waals surface area contributed by atoms with Gasteiger partial charge >= 0.3 is 5.97 Å². The Bertz CT molecular complexity index is 1230. The molecule has 3 nitrogen and oxygen atoms in total. The molecule has 6 heteroatoms. The number of carbonyl (C=O) groups excluding carboxylic acids is 1. The van der Waals surface area contributed by atoms with Crippen molar-refractivity contribution in [1.82, 2.24) is 0 Å². The fourth-order valence-electron chi connectivity index (χ4n) is 4.87. The lowest BCUT2D eigenvalue weighted by atomic mass is 9.82. The molecule has 1 unspecified atom stereocenters. The summed E-state index contributed by atoms with van der Waals surface area (Å²) in [5, 5.41) is 0. The smallest absolute Gasteiger partial charge is 0.341 e. The minimum absolute atomic E-state index is 0.105. The lowest BCUT2D eigenvalue weighted by molar-refractivity contribution is 0.0189. The Labute approximate surface area is 202 Å². The molecule has 0 bridgehead atoms. The highest BCUT2D eigenvalue weighted by Crippen LogP contribution is 2.38. The Hall–Kier alpha value is -3.12. The third-order valence-electron chi connectivity index (χ3n) is 7.10. The van der Waals surface area contributed by atoms with Crippen LogP contribution in [0, 0.1) is 17.5 Å². The standard InChI is InChI=1S/C29H27F3O3/c1-2-17-3-5-19(6-4-17)22-13-14-24(28(32)27(22)31)29(33)35-21-10-7-18(8-11-21)20-9-12-23(25(30)15-20)26-16-34-26/h3-6,9,12-15,18,21,26H,2,7-8,10-11,16H2,1H3. The summed E-state index contributed by atoms with van der Waals surface area (Å²) >= 11 is 0. The first-order valence-electron chi connectivity index (χ1n) is 12.1. The minimum Gasteiger partial charge on any atom is -0.459 e. The molecule has 1 aliphatic carbocycles. The maximum Gasteiger partial charge on any atom is 0.341 e. The number of aryl methyl sites for hydroxylation is 1. The molecule has 3 aromatic rings. The SMILES string of the molecule is CCc1ccc(-c2ccc(C(=O)OC3CCC(c4ccc(C5CO5)c(F)c4)CC3)c(F)c2F)cc1. The van der Waals surface area contributed by atoms with Crippen molar-refractivity contribution in [3.8, 4) is 11.1 Å². The summed E-state index contributed by atoms with van der Waals surface area (Å²) in [6, 6.07) is 15.2. The molecular formula is C29H27F3O3. The van der Waals surface area contributed by atoms with Crippen molar-refractivity contribution in [1.29, 1.82) is 0 Å². The van der Waals surface area contributed by atoms with Gasteiger partial charge in [0.05, 0.1) is 12.2 Å². The molecule has 0 spiro atoms. The van der Waals surface area contributed by atoms with E-state index in [0.717, 1.165) is 30.4 Å². The van der Waals surface area contributed by atoms with Gasteiger partial charge in [0.2, 0.25) is 0 Å². The summed E-state index contributed by atoms with van der Waals surface area (Å²) in [7, 11) is 0. The van der Waals surface area contributed by atoms with E-state index >= 15 is 0 Å². The van der Waals surface area contributed by atoms with E-state index in [2.05, 4.69) is 0 Å². The molecule has 1 aliphatic heterocycles. The number of benzene rings is 3. The average molecular weight is 481 g/mol. The molecule has 1 atom stereocenters. The van der Waals surface area contributed by atoms with Gasteiger partial charge in [-0.15, -0.1) is 0 Å². The number of carbonyl (C=O) groups is 1. The van der Waals surface area contributed by atoms with Crippen LogP contribution in [0.1, 0.15) is 71.7 Å². The summed E-state index contributed by atoms with van der Waals surface area (Å²) in [5.41, 5.74) is 2.86. The largest absolute Gasteiger partial charge is 0.459 e. The van der Waals surface area contributed by atoms with E-state index in [4.69, 9.17) is 9.47 Å². The van der Waals surface area contributed by atoms with Crippen LogP contribution in [0.15, 0.2) is 54.6 Å². The number of epoxide rings is 1. The summed E-state index contributed by atoms with van der Waals surface area (Å²) < 4.78 is 54.6. The van der Waals surface area contributed by atoms with Crippen LogP contribution < -0.4 is 0 Å². The van der Waals surface area contributed by atoms with Crippen molar-refractivity contribution in [2.45, 2.75) is 57.2 Å². The number of hydrogen-bond donors (Lipinski definition) is 0. The molecule has 1 saturated heterocycles. The highest BCUT2D eigenvalue weighted by atomic mass is 19.2. The first-order valence-corrected chi connectivity index (χ1v) is 12.1. The lowest BCUT2D eigenvalue weighted by Gasteiger charge is -2.28. The van der Waals surface area contributed by atoms with Crippen LogP contribution in [-0.4, -0.2) is 18.7 Å². The van der Waals surface area contributed by atoms with Crippen LogP contribution in [0.5, 0.6) is 0 Å². The maximum atomic E-state index is 14.8. The number of esters is 1. The van der Waals surface area contributed by atoms with Gasteiger partial charge in [-0.2, -0.15) is 0 Å². The normalized spacial score (nSPS) is 21.5. The van der Waals surface area contributed by atoms with Crippen molar-refractivity contribution < 1.29 is 27.4 Å². The zero-order valence-electron chi connectivity index (χ0n) is 19.5. The minimum atomic E-state index is -1.20. The molecule has 0 N–H and O–H groups in total. The van der Waals surface area contributed by atoms with E-state index in [1.807, 2.05) is 25.1 Å². The summed E-state index contributed by atoms with van der Waals surface area (Å²) in [6.45, 7) is 2.58. The van der Waals surface area contributed by atoms with Crippen LogP contribution >= 0.6 is 0 Å². The topological polar surface area (TPSA) is 38.8 Å². The third kappa shape index (κ3) is 4.98. The quantitative estimate of drug-likeness (QED) is 0.275. The molecule has 5 rings (SSSR count). The number of ether oxygens (including phenoxy) is 2. The van der Waals surface area contributed by atoms with E-state index in [-0.39, 0.29) is 29.5 Å². The Morgan fingerprint density at radius 2 is 1.66 bits per heavy atom. The first-order chi connectivity index (χ1) is 16.9. The second kappa shape index (κ2) is 9.86. The summed E-state index contributed by atoms with van der Waals surface area (Å²) in [5.74, 6) is -3.20. The fraction of sp³-hybridized carbons (Fsp3) is 0.345. The monoisotopic (exact) mass is 480 g/mol. The van der Waals surface area contributed by atoms with E-state index in [1.54, 1.807) is 24.3 Å². The Morgan fingerprint density at radius 3 is 2.29 bits per heavy atom. The summed E-state index contributed by atoms with van der Waals surface area (Å²) in [4.78, 5) is 12.6. The van der Waals surface area contributed by atoms with E-state index in [0.29, 0.717) is 30.6 Å². The van der Waals surface area contributed by atoms with Gasteiger partial charge in [0.15, 0.2) is 11.6 Å². The van der Waals surface area contributed by atoms with Crippen LogP contribution in [-0.2, 0) is 15.9 Å². The van der Waals surface area contributed by atoms with Gasteiger partial charge in [-0.3, -0.25) is 0 Å². The molecule has 35 heavy (non-hydrogen) atoms. The van der Waals surface area contributed by atoms with Crippen molar-refractivity contribution >= 4 is 5.97 Å². The maximum absolute atomic E-state index is 14.8. The van der Waals surface area contributed by atoms with E-state index in [1.165, 1.54) is 12.1 Å². The Morgan fingerprint density at radius 1 is 0.943 bits per heavy atom. The van der Waals surface area contributed by atoms with Crippen LogP contribution in [0.3, 0.4) is 0 Å². The van der Waals surface area contributed by atoms with Crippen LogP contribution in [0.4, 0.5) is 13.2 Å². The van der Waals surface area contributed by atoms with Gasteiger partial charge in [0, 0.05) is 11.1 Å². The van der Waals surface area contributed by atoms with Crippen molar-refractivity contribution in [3.63, 3.8) is 0 Å². The van der Waals surface area contributed by atoms with Gasteiger partial charge < -0.3 is 9.47 Å². The van der Waals surface area contributed by atoms with Crippen molar-refractivity contribution in [2.75, 3.05) is 6.61 Å². The zero-order chi connectivity index (χ0) is 24.5. The number of rotatable bonds is 6. The van der Waals surface area contributed by atoms with Crippen molar-refractivity contribution in [2.24, 2.45) is 0 Å². The molecule has 0 aromatic heterocycles. The first kappa shape index (κ1) is 23.6. The lowest BCUT2D eigenvalue weighted by Crippen LogP contribution is -2.24. The van der Waals surface area contributed by atoms with Gasteiger partial charge in [-0.1, -0.05) is 49.4 Å². The predicted octanol–water partition coefficient (Wildman–Crippen LogP) is 7.29. The van der Waals surface area contributed by atoms with Crippen molar-refractivity contribution in [3.05, 3.63) is 94.3 Å². The van der Waals surface area contributed by atoms with Gasteiger partial charge in [0.25, 0.3) is 0 Å². The molecule has 0 amide bonds. The third-order valence-corrected chi connectivity index (χ3v) is 7.10. The second-order valence-electron chi connectivity index (χ2n) is 9.32. The van der Waals surface area contributed by atoms with Gasteiger partial charge in [-0.05, 0) is 66.8 Å². The van der Waals surface area contributed by atoms with Crippen LogP contribution in [0.2, 0.25) is 0 Å². The molecule has 2 aliphatic rings. The van der Waals surface area contributed by atoms with Gasteiger partial charge in [-0.25, -0.2) is 18.0 Å². The molecular weight excluding hydrogens is 453 g/mol. The Balaban J connectivity index is 1.21. The number of hydrogen-bond acceptors (Lipinski definition) is 3. The zero-order valence-corrected chi connectivity index (χ0v) is 19.5. The molecule has 1 saturated carbocycles. The molecule has 2 fully saturated rings. The van der Waals surface area contributed by atoms with Crippen LogP contribution in [0.25, 0.3) is 11.1 Å².